The molecule has 0 radical (unpaired) electrons. The van der Waals surface area contributed by atoms with Crippen LogP contribution in [0.15, 0.2) is 48.1 Å². The SMILES string of the molecule is CCn1cc(-c2cnc(C(F)(F)F)nc2)c2nc(SCc3ccc(F)c(CC(=O)O)c3)ncc21. The fraction of sp³-hybridized carbons (Fsp3) is 0.227. The molecule has 0 saturated heterocycles. The molecule has 3 heterocycles. The minimum absolute atomic E-state index is 0.0894. The van der Waals surface area contributed by atoms with E-state index in [1.54, 1.807) is 18.5 Å². The lowest BCUT2D eigenvalue weighted by Crippen LogP contribution is -2.10. The number of carboxylic acid groups (broad SMARTS) is 1. The molecule has 34 heavy (non-hydrogen) atoms. The minimum atomic E-state index is -4.63. The van der Waals surface area contributed by atoms with Gasteiger partial charge in [0, 0.05) is 42.0 Å². The Bertz CT molecular complexity index is 1360. The highest BCUT2D eigenvalue weighted by Gasteiger charge is 2.34. The molecular formula is C22H17F4N5O2S. The van der Waals surface area contributed by atoms with E-state index in [0.29, 0.717) is 45.2 Å². The molecule has 0 amide bonds. The molecule has 3 aromatic heterocycles. The van der Waals surface area contributed by atoms with E-state index in [1.807, 2.05) is 11.5 Å². The van der Waals surface area contributed by atoms with E-state index in [1.165, 1.54) is 23.9 Å². The Labute approximate surface area is 194 Å². The van der Waals surface area contributed by atoms with Crippen molar-refractivity contribution in [2.24, 2.45) is 0 Å². The lowest BCUT2D eigenvalue weighted by molar-refractivity contribution is -0.145. The second-order valence-corrected chi connectivity index (χ2v) is 8.24. The molecule has 0 aliphatic carbocycles. The van der Waals surface area contributed by atoms with E-state index in [-0.39, 0.29) is 5.56 Å². The Morgan fingerprint density at radius 2 is 1.88 bits per heavy atom. The number of thioether (sulfide) groups is 1. The van der Waals surface area contributed by atoms with Crippen molar-refractivity contribution in [2.45, 2.75) is 37.0 Å². The summed E-state index contributed by atoms with van der Waals surface area (Å²) >= 11 is 1.27. The van der Waals surface area contributed by atoms with Crippen LogP contribution in [0.2, 0.25) is 0 Å². The molecule has 4 aromatic rings. The maximum Gasteiger partial charge on any atom is 0.451 e. The molecule has 0 spiro atoms. The summed E-state index contributed by atoms with van der Waals surface area (Å²) in [4.78, 5) is 26.7. The number of aryl methyl sites for hydroxylation is 1. The van der Waals surface area contributed by atoms with Crippen LogP contribution >= 0.6 is 11.8 Å². The summed E-state index contributed by atoms with van der Waals surface area (Å²) in [6, 6.07) is 4.28. The van der Waals surface area contributed by atoms with Gasteiger partial charge in [0.05, 0.1) is 18.1 Å². The predicted molar refractivity (Wildman–Crippen MR) is 117 cm³/mol. The van der Waals surface area contributed by atoms with Crippen LogP contribution in [0.3, 0.4) is 0 Å². The van der Waals surface area contributed by atoms with Crippen molar-refractivity contribution in [1.29, 1.82) is 0 Å². The third-order valence-corrected chi connectivity index (χ3v) is 5.91. The lowest BCUT2D eigenvalue weighted by Gasteiger charge is -2.06. The van der Waals surface area contributed by atoms with Gasteiger partial charge in [0.2, 0.25) is 5.82 Å². The van der Waals surface area contributed by atoms with Crippen molar-refractivity contribution in [1.82, 2.24) is 24.5 Å². The number of aromatic nitrogens is 5. The van der Waals surface area contributed by atoms with E-state index >= 15 is 0 Å². The Kier molecular flexibility index (Phi) is 6.51. The number of nitrogens with zero attached hydrogens (tertiary/aromatic N) is 5. The monoisotopic (exact) mass is 491 g/mol. The molecule has 1 N–H and O–H groups in total. The van der Waals surface area contributed by atoms with Gasteiger partial charge in [-0.1, -0.05) is 23.9 Å². The minimum Gasteiger partial charge on any atom is -0.481 e. The lowest BCUT2D eigenvalue weighted by atomic mass is 10.1. The molecule has 0 bridgehead atoms. The predicted octanol–water partition coefficient (Wildman–Crippen LogP) is 4.99. The Morgan fingerprint density at radius 3 is 2.53 bits per heavy atom. The summed E-state index contributed by atoms with van der Waals surface area (Å²) < 4.78 is 54.2. The normalized spacial score (nSPS) is 11.8. The topological polar surface area (TPSA) is 93.8 Å². The Balaban J connectivity index is 1.63. The summed E-state index contributed by atoms with van der Waals surface area (Å²) in [7, 11) is 0. The van der Waals surface area contributed by atoms with Crippen molar-refractivity contribution < 1.29 is 27.5 Å². The van der Waals surface area contributed by atoms with Crippen LogP contribution in [0.1, 0.15) is 23.9 Å². The first-order valence-electron chi connectivity index (χ1n) is 10.0. The van der Waals surface area contributed by atoms with Crippen molar-refractivity contribution in [3.63, 3.8) is 0 Å². The van der Waals surface area contributed by atoms with Crippen molar-refractivity contribution in [3.8, 4) is 11.1 Å². The maximum atomic E-state index is 13.8. The molecule has 7 nitrogen and oxygen atoms in total. The molecule has 4 rings (SSSR count). The number of carboxylic acids is 1. The van der Waals surface area contributed by atoms with E-state index in [0.717, 1.165) is 12.4 Å². The van der Waals surface area contributed by atoms with Crippen molar-refractivity contribution in [3.05, 3.63) is 65.8 Å². The number of hydrogen-bond donors (Lipinski definition) is 1. The molecule has 0 saturated carbocycles. The number of aliphatic carboxylic acids is 1. The molecule has 0 aliphatic heterocycles. The smallest absolute Gasteiger partial charge is 0.451 e. The van der Waals surface area contributed by atoms with Crippen LogP contribution < -0.4 is 0 Å². The summed E-state index contributed by atoms with van der Waals surface area (Å²) in [5.41, 5.74) is 2.98. The van der Waals surface area contributed by atoms with Crippen LogP contribution in [-0.4, -0.2) is 35.6 Å². The first-order valence-corrected chi connectivity index (χ1v) is 11.0. The van der Waals surface area contributed by atoms with Crippen LogP contribution in [0, 0.1) is 5.82 Å². The van der Waals surface area contributed by atoms with Gasteiger partial charge in [-0.05, 0) is 24.1 Å². The second kappa shape index (κ2) is 9.37. The van der Waals surface area contributed by atoms with Gasteiger partial charge in [0.25, 0.3) is 0 Å². The second-order valence-electron chi connectivity index (χ2n) is 7.29. The van der Waals surface area contributed by atoms with E-state index in [2.05, 4.69) is 19.9 Å². The quantitative estimate of drug-likeness (QED) is 0.221. The van der Waals surface area contributed by atoms with Gasteiger partial charge in [0.1, 0.15) is 11.3 Å². The molecule has 1 aromatic carbocycles. The number of alkyl halides is 3. The molecule has 0 unspecified atom stereocenters. The standard InChI is InChI=1S/C22H17F4N5O2S/c1-2-31-10-15(14-7-27-20(28-8-14)22(24,25)26)19-17(31)9-29-21(30-19)34-11-12-3-4-16(23)13(5-12)6-18(32)33/h3-5,7-10H,2,6,11H2,1H3,(H,32,33). The van der Waals surface area contributed by atoms with Crippen LogP contribution in [0.4, 0.5) is 17.6 Å². The first-order chi connectivity index (χ1) is 16.2. The fourth-order valence-electron chi connectivity index (χ4n) is 3.37. The average molecular weight is 491 g/mol. The number of rotatable bonds is 7. The number of benzene rings is 1. The van der Waals surface area contributed by atoms with Gasteiger partial charge in [-0.15, -0.1) is 0 Å². The fourth-order valence-corrected chi connectivity index (χ4v) is 4.13. The molecule has 0 fully saturated rings. The zero-order valence-electron chi connectivity index (χ0n) is 17.7. The summed E-state index contributed by atoms with van der Waals surface area (Å²) in [5.74, 6) is -2.57. The summed E-state index contributed by atoms with van der Waals surface area (Å²) in [6.45, 7) is 2.51. The largest absolute Gasteiger partial charge is 0.481 e. The Morgan fingerprint density at radius 1 is 1.15 bits per heavy atom. The zero-order valence-corrected chi connectivity index (χ0v) is 18.5. The first kappa shape index (κ1) is 23.6. The maximum absolute atomic E-state index is 13.8. The van der Waals surface area contributed by atoms with Gasteiger partial charge in [0.15, 0.2) is 5.16 Å². The van der Waals surface area contributed by atoms with Crippen LogP contribution in [0.5, 0.6) is 0 Å². The highest BCUT2D eigenvalue weighted by molar-refractivity contribution is 7.98. The summed E-state index contributed by atoms with van der Waals surface area (Å²) in [6.07, 6.45) is 0.563. The van der Waals surface area contributed by atoms with Crippen molar-refractivity contribution in [2.75, 3.05) is 0 Å². The van der Waals surface area contributed by atoms with E-state index in [4.69, 9.17) is 5.11 Å². The number of halogens is 4. The number of hydrogen-bond acceptors (Lipinski definition) is 6. The molecule has 0 atom stereocenters. The molecule has 12 heteroatoms. The van der Waals surface area contributed by atoms with Crippen molar-refractivity contribution >= 4 is 28.8 Å². The molecular weight excluding hydrogens is 474 g/mol. The Hall–Kier alpha value is -3.54. The third kappa shape index (κ3) is 5.01. The summed E-state index contributed by atoms with van der Waals surface area (Å²) in [5, 5.41) is 9.33. The van der Waals surface area contributed by atoms with Gasteiger partial charge < -0.3 is 9.67 Å². The zero-order chi connectivity index (χ0) is 24.5. The third-order valence-electron chi connectivity index (χ3n) is 4.97. The van der Waals surface area contributed by atoms with Crippen LogP contribution in [0.25, 0.3) is 22.2 Å². The average Bonchev–Trinajstić information content (AvgIpc) is 3.17. The van der Waals surface area contributed by atoms with E-state index in [9.17, 15) is 22.4 Å². The van der Waals surface area contributed by atoms with Gasteiger partial charge in [-0.2, -0.15) is 13.2 Å². The number of fused-ring (bicyclic) bond motifs is 1. The van der Waals surface area contributed by atoms with Gasteiger partial charge in [-0.3, -0.25) is 4.79 Å². The highest BCUT2D eigenvalue weighted by atomic mass is 32.2. The van der Waals surface area contributed by atoms with Gasteiger partial charge >= 0.3 is 12.1 Å². The van der Waals surface area contributed by atoms with Crippen LogP contribution in [-0.2, 0) is 29.7 Å². The molecule has 176 valence electrons. The van der Waals surface area contributed by atoms with E-state index < -0.39 is 30.2 Å². The molecule has 0 aliphatic rings. The number of carbonyl (C=O) groups is 1. The van der Waals surface area contributed by atoms with Gasteiger partial charge in [-0.25, -0.2) is 24.3 Å². The highest BCUT2D eigenvalue weighted by Crippen LogP contribution is 2.32.